The van der Waals surface area contributed by atoms with Crippen molar-refractivity contribution in [1.82, 2.24) is 9.80 Å². The van der Waals surface area contributed by atoms with Crippen molar-refractivity contribution in [3.8, 4) is 0 Å². The Bertz CT molecular complexity index is 489. The van der Waals surface area contributed by atoms with E-state index in [1.165, 1.54) is 62.8 Å². The molecule has 0 radical (unpaired) electrons. The molecule has 0 amide bonds. The summed E-state index contributed by atoms with van der Waals surface area (Å²) >= 11 is 0. The van der Waals surface area contributed by atoms with Gasteiger partial charge in [-0.2, -0.15) is 12.8 Å². The summed E-state index contributed by atoms with van der Waals surface area (Å²) in [6.45, 7) is 19.7. The predicted molar refractivity (Wildman–Crippen MR) is 156 cm³/mol. The van der Waals surface area contributed by atoms with E-state index >= 15 is 0 Å². The van der Waals surface area contributed by atoms with Crippen molar-refractivity contribution >= 4 is 0 Å². The van der Waals surface area contributed by atoms with Gasteiger partial charge in [0.25, 0.3) is 0 Å². The van der Waals surface area contributed by atoms with Crippen LogP contribution >= 0.6 is 0 Å². The van der Waals surface area contributed by atoms with E-state index in [-0.39, 0.29) is 105 Å². The van der Waals surface area contributed by atoms with E-state index in [4.69, 9.17) is 0 Å². The molecule has 0 atom stereocenters. The fourth-order valence-corrected chi connectivity index (χ4v) is 3.80. The SMILES string of the molecule is CC1=CC[N-]CC1.CC1=CC[N-]CC1.CC1CC[N-]CC1.CN1CC[CH-]CC1.CN1CC[N-]CC1.[W].[W].[W].[W].[W]. The first-order valence-corrected chi connectivity index (χ1v) is 14.0. The number of hydrogen-bond donors (Lipinski definition) is 0. The smallest absolute Gasteiger partial charge is 0 e. The molecule has 5 heterocycles. The molecule has 5 aliphatic rings. The zero-order valence-corrected chi connectivity index (χ0v) is 40.4. The molecular weight excluding hydrogens is 1350 g/mol. The van der Waals surface area contributed by atoms with Crippen LogP contribution in [0.25, 0.3) is 21.3 Å². The minimum absolute atomic E-state index is 0. The molecule has 0 N–H and O–H groups in total. The standard InChI is InChI=1S/C6H12N.2C6H10N.C6H12N.C5H11N2.5W/c3*1-6-2-4-7-5-3-6;1-7-5-3-2-4-6-7;1-7-4-2-6-3-5-7;;;;;/h6H,2-5H2,1H3;2*2H,3-5H2,1H3;2H,3-6H2,1H3;2-5H2,1H3;;;;;/q5*-1;;;;;. The van der Waals surface area contributed by atoms with Gasteiger partial charge in [-0.3, -0.25) is 0 Å². The van der Waals surface area contributed by atoms with Crippen molar-refractivity contribution in [2.24, 2.45) is 5.92 Å². The molecule has 3 saturated heterocycles. The number of rotatable bonds is 0. The molecule has 0 saturated carbocycles. The second kappa shape index (κ2) is 37.9. The van der Waals surface area contributed by atoms with Gasteiger partial charge in [-0.05, 0) is 60.0 Å². The van der Waals surface area contributed by atoms with Crippen LogP contribution in [0.2, 0.25) is 0 Å². The third-order valence-electron chi connectivity index (χ3n) is 6.74. The topological polar surface area (TPSA) is 62.9 Å². The fraction of sp³-hybridized carbons (Fsp3) is 0.828. The van der Waals surface area contributed by atoms with E-state index in [9.17, 15) is 0 Å². The summed E-state index contributed by atoms with van der Waals surface area (Å²) in [6.07, 6.45) is 14.3. The number of hydrogen-bond acceptors (Lipinski definition) is 2. The van der Waals surface area contributed by atoms with Crippen LogP contribution in [0.3, 0.4) is 0 Å². The van der Waals surface area contributed by atoms with Crippen LogP contribution in [-0.4, -0.2) is 102 Å². The predicted octanol–water partition coefficient (Wildman–Crippen LogP) is 6.42. The van der Waals surface area contributed by atoms with E-state index in [2.05, 4.69) is 84.5 Å². The van der Waals surface area contributed by atoms with Crippen LogP contribution in [0.1, 0.15) is 59.3 Å². The number of nitrogens with zero attached hydrogens (tertiary/aromatic N) is 6. The van der Waals surface area contributed by atoms with E-state index in [0.29, 0.717) is 0 Å². The van der Waals surface area contributed by atoms with Crippen molar-refractivity contribution in [3.05, 3.63) is 51.0 Å². The van der Waals surface area contributed by atoms with Gasteiger partial charge in [0, 0.05) is 105 Å². The first-order valence-electron chi connectivity index (χ1n) is 14.0. The Labute approximate surface area is 320 Å². The maximum absolute atomic E-state index is 4.23. The van der Waals surface area contributed by atoms with Crippen molar-refractivity contribution in [3.63, 3.8) is 0 Å². The number of piperidine rings is 2. The van der Waals surface area contributed by atoms with Gasteiger partial charge < -0.3 is 37.5 Å². The number of piperazine rings is 1. The molecule has 5 rings (SSSR count). The Hall–Kier alpha value is 2.68. The molecule has 0 aromatic heterocycles. The van der Waals surface area contributed by atoms with Gasteiger partial charge in [0.2, 0.25) is 0 Å². The van der Waals surface area contributed by atoms with Crippen LogP contribution in [0, 0.1) is 12.3 Å². The van der Waals surface area contributed by atoms with Crippen LogP contribution in [0.4, 0.5) is 0 Å². The molecular formula is C29H55N6W5-5. The van der Waals surface area contributed by atoms with Crippen LogP contribution in [-0.2, 0) is 105 Å². The van der Waals surface area contributed by atoms with E-state index < -0.39 is 0 Å². The van der Waals surface area contributed by atoms with Crippen molar-refractivity contribution in [2.45, 2.75) is 59.3 Å². The summed E-state index contributed by atoms with van der Waals surface area (Å²) in [5, 5.41) is 16.7. The molecule has 40 heavy (non-hydrogen) atoms. The van der Waals surface area contributed by atoms with Crippen LogP contribution < -0.4 is 0 Å². The van der Waals surface area contributed by atoms with Crippen molar-refractivity contribution in [2.75, 3.05) is 92.6 Å². The molecule has 6 nitrogen and oxygen atoms in total. The summed E-state index contributed by atoms with van der Waals surface area (Å²) < 4.78 is 0. The Morgan fingerprint density at radius 1 is 0.600 bits per heavy atom. The minimum atomic E-state index is 0. The average molecular weight is 1410 g/mol. The average Bonchev–Trinajstić information content (AvgIpc) is 2.88. The summed E-state index contributed by atoms with van der Waals surface area (Å²) in [7, 11) is 4.31. The largest absolute Gasteiger partial charge is 0.662 e. The van der Waals surface area contributed by atoms with Gasteiger partial charge in [-0.25, -0.2) is 0 Å². The van der Waals surface area contributed by atoms with Gasteiger partial charge in [0.15, 0.2) is 0 Å². The molecule has 0 spiro atoms. The zero-order valence-electron chi connectivity index (χ0n) is 25.8. The molecule has 0 aromatic rings. The third-order valence-corrected chi connectivity index (χ3v) is 6.74. The normalized spacial score (nSPS) is 20.8. The summed E-state index contributed by atoms with van der Waals surface area (Å²) in [4.78, 5) is 4.66. The Kier molecular flexibility index (Phi) is 49.4. The molecule has 0 bridgehead atoms. The first kappa shape index (κ1) is 52.2. The van der Waals surface area contributed by atoms with Gasteiger partial charge in [-0.1, -0.05) is 43.8 Å². The summed E-state index contributed by atoms with van der Waals surface area (Å²) in [5.41, 5.74) is 2.99. The minimum Gasteiger partial charge on any atom is -0.662 e. The Morgan fingerprint density at radius 2 is 1.00 bits per heavy atom. The van der Waals surface area contributed by atoms with E-state index in [0.717, 1.165) is 71.4 Å². The molecule has 0 aliphatic carbocycles. The van der Waals surface area contributed by atoms with Gasteiger partial charge in [0.05, 0.1) is 0 Å². The quantitative estimate of drug-likeness (QED) is 0.208. The van der Waals surface area contributed by atoms with Crippen LogP contribution in [0.15, 0.2) is 23.3 Å². The first-order chi connectivity index (χ1) is 17.0. The molecule has 0 aromatic carbocycles. The summed E-state index contributed by atoms with van der Waals surface area (Å²) in [5.74, 6) is 0.942. The molecule has 236 valence electrons. The molecule has 3 fully saturated rings. The Balaban J connectivity index is -0.000000124. The maximum Gasteiger partial charge on any atom is 0 e. The van der Waals surface area contributed by atoms with Crippen molar-refractivity contribution in [1.29, 1.82) is 0 Å². The summed E-state index contributed by atoms with van der Waals surface area (Å²) in [6, 6.07) is 0. The van der Waals surface area contributed by atoms with E-state index in [1.54, 1.807) is 0 Å². The molecule has 0 unspecified atom stereocenters. The molecule has 11 heteroatoms. The van der Waals surface area contributed by atoms with E-state index in [1.807, 2.05) is 0 Å². The number of likely N-dealkylation sites (tertiary alicyclic amines) is 1. The monoisotopic (exact) mass is 1410 g/mol. The molecule has 5 aliphatic heterocycles. The van der Waals surface area contributed by atoms with Gasteiger partial charge >= 0.3 is 0 Å². The van der Waals surface area contributed by atoms with Crippen molar-refractivity contribution < 1.29 is 105 Å². The maximum atomic E-state index is 4.23. The third kappa shape index (κ3) is 35.2. The zero-order chi connectivity index (χ0) is 25.6. The second-order valence-corrected chi connectivity index (χ2v) is 10.4. The van der Waals surface area contributed by atoms with Crippen LogP contribution in [0.5, 0.6) is 0 Å². The van der Waals surface area contributed by atoms with Gasteiger partial charge in [0.1, 0.15) is 0 Å². The Morgan fingerprint density at radius 3 is 1.20 bits per heavy atom. The van der Waals surface area contributed by atoms with Gasteiger partial charge in [-0.15, -0.1) is 64.5 Å². The second-order valence-electron chi connectivity index (χ2n) is 10.4. The number of likely N-dealkylation sites (N-methyl/N-ethyl adjacent to an activating group) is 1. The fourth-order valence-electron chi connectivity index (χ4n) is 3.80.